The van der Waals surface area contributed by atoms with Crippen LogP contribution in [-0.2, 0) is 19.6 Å². The fourth-order valence-corrected chi connectivity index (χ4v) is 1.99. The smallest absolute Gasteiger partial charge is 0.242 e. The first-order valence-corrected chi connectivity index (χ1v) is 7.64. The summed E-state index contributed by atoms with van der Waals surface area (Å²) in [6.45, 7) is 0.344. The molecule has 104 valence electrons. The Hall–Kier alpha value is -1.15. The normalized spacial score (nSPS) is 21.3. The lowest BCUT2D eigenvalue weighted by molar-refractivity contribution is -0.128. The molecule has 1 fully saturated rings. The van der Waals surface area contributed by atoms with Gasteiger partial charge in [-0.3, -0.25) is 9.59 Å². The summed E-state index contributed by atoms with van der Waals surface area (Å²) < 4.78 is 23.2. The molecule has 0 aromatic carbocycles. The lowest BCUT2D eigenvalue weighted by atomic mass is 10.1. The fraction of sp³-hybridized carbons (Fsp3) is 0.800. The summed E-state index contributed by atoms with van der Waals surface area (Å²) in [6, 6.07) is -0.562. The molecular weight excluding hydrogens is 258 g/mol. The van der Waals surface area contributed by atoms with Crippen LogP contribution in [0.5, 0.6) is 0 Å². The average Bonchev–Trinajstić information content (AvgIpc) is 2.43. The Morgan fingerprint density at radius 2 is 2.17 bits per heavy atom. The minimum atomic E-state index is -3.39. The van der Waals surface area contributed by atoms with Crippen molar-refractivity contribution >= 4 is 21.8 Å². The minimum Gasteiger partial charge on any atom is -0.354 e. The fourth-order valence-electron chi connectivity index (χ4n) is 1.64. The number of likely N-dealkylation sites (N-methyl/N-ethyl adjacent to an activating group) is 1. The van der Waals surface area contributed by atoms with Crippen LogP contribution in [0.15, 0.2) is 0 Å². The number of carbonyl (C=O) groups is 2. The van der Waals surface area contributed by atoms with Gasteiger partial charge in [0, 0.05) is 13.6 Å². The van der Waals surface area contributed by atoms with Gasteiger partial charge in [-0.25, -0.2) is 8.42 Å². The molecule has 0 aromatic rings. The number of nitrogens with one attached hydrogen (secondary N) is 2. The summed E-state index contributed by atoms with van der Waals surface area (Å²) in [5.74, 6) is -0.673. The Morgan fingerprint density at radius 1 is 1.50 bits per heavy atom. The number of amides is 2. The number of hydrogen-bond donors (Lipinski definition) is 2. The number of nitrogens with zero attached hydrogens (tertiary/aromatic N) is 1. The molecule has 1 saturated heterocycles. The van der Waals surface area contributed by atoms with E-state index in [0.29, 0.717) is 13.0 Å². The van der Waals surface area contributed by atoms with Gasteiger partial charge in [0.25, 0.3) is 0 Å². The molecule has 0 aliphatic carbocycles. The number of rotatable bonds is 4. The van der Waals surface area contributed by atoms with Gasteiger partial charge in [-0.15, -0.1) is 0 Å². The lowest BCUT2D eigenvalue weighted by Gasteiger charge is -2.18. The van der Waals surface area contributed by atoms with E-state index in [2.05, 4.69) is 10.6 Å². The first-order valence-electron chi connectivity index (χ1n) is 5.79. The zero-order valence-electron chi connectivity index (χ0n) is 10.6. The highest BCUT2D eigenvalue weighted by molar-refractivity contribution is 7.88. The molecule has 0 radical (unpaired) electrons. The van der Waals surface area contributed by atoms with E-state index >= 15 is 0 Å². The van der Waals surface area contributed by atoms with Crippen LogP contribution in [-0.4, -0.2) is 57.0 Å². The van der Waals surface area contributed by atoms with Gasteiger partial charge in [0.2, 0.25) is 21.8 Å². The maximum absolute atomic E-state index is 11.6. The summed E-state index contributed by atoms with van der Waals surface area (Å²) >= 11 is 0. The second-order valence-corrected chi connectivity index (χ2v) is 6.52. The largest absolute Gasteiger partial charge is 0.354 e. The van der Waals surface area contributed by atoms with Gasteiger partial charge < -0.3 is 10.6 Å². The molecule has 0 spiro atoms. The van der Waals surface area contributed by atoms with Crippen molar-refractivity contribution in [3.63, 3.8) is 0 Å². The van der Waals surface area contributed by atoms with Crippen LogP contribution in [0.25, 0.3) is 0 Å². The van der Waals surface area contributed by atoms with Gasteiger partial charge in [0.05, 0.1) is 12.8 Å². The van der Waals surface area contributed by atoms with Crippen LogP contribution < -0.4 is 10.6 Å². The average molecular weight is 277 g/mol. The highest BCUT2D eigenvalue weighted by Crippen LogP contribution is 2.05. The van der Waals surface area contributed by atoms with E-state index < -0.39 is 22.0 Å². The second kappa shape index (κ2) is 6.14. The van der Waals surface area contributed by atoms with Crippen LogP contribution in [0.1, 0.15) is 19.3 Å². The Balaban J connectivity index is 2.51. The predicted octanol–water partition coefficient (Wildman–Crippen LogP) is -1.34. The van der Waals surface area contributed by atoms with Gasteiger partial charge in [-0.1, -0.05) is 0 Å². The zero-order valence-corrected chi connectivity index (χ0v) is 11.4. The first kappa shape index (κ1) is 14.9. The molecule has 1 aliphatic heterocycles. The summed E-state index contributed by atoms with van der Waals surface area (Å²) in [5.41, 5.74) is 0. The van der Waals surface area contributed by atoms with Crippen LogP contribution in [0.4, 0.5) is 0 Å². The van der Waals surface area contributed by atoms with Gasteiger partial charge in [-0.05, 0) is 19.3 Å². The van der Waals surface area contributed by atoms with Crippen molar-refractivity contribution < 1.29 is 18.0 Å². The molecule has 7 nitrogen and oxygen atoms in total. The van der Waals surface area contributed by atoms with E-state index in [1.165, 1.54) is 7.05 Å². The van der Waals surface area contributed by atoms with E-state index in [1.807, 2.05) is 0 Å². The Morgan fingerprint density at radius 3 is 2.78 bits per heavy atom. The zero-order chi connectivity index (χ0) is 13.8. The van der Waals surface area contributed by atoms with Crippen molar-refractivity contribution in [3.8, 4) is 0 Å². The van der Waals surface area contributed by atoms with Gasteiger partial charge in [0.1, 0.15) is 6.04 Å². The summed E-state index contributed by atoms with van der Waals surface area (Å²) in [5, 5.41) is 5.25. The predicted molar refractivity (Wildman–Crippen MR) is 66.3 cm³/mol. The highest BCUT2D eigenvalue weighted by atomic mass is 32.2. The molecule has 1 rings (SSSR count). The minimum absolute atomic E-state index is 0.206. The Labute approximate surface area is 107 Å². The van der Waals surface area contributed by atoms with E-state index in [1.54, 1.807) is 0 Å². The monoisotopic (exact) mass is 277 g/mol. The third kappa shape index (κ3) is 4.61. The van der Waals surface area contributed by atoms with E-state index in [0.717, 1.165) is 23.4 Å². The van der Waals surface area contributed by atoms with Crippen LogP contribution >= 0.6 is 0 Å². The number of hydrogen-bond acceptors (Lipinski definition) is 4. The SMILES string of the molecule is CN(CC(=O)NC1CCCCNC1=O)S(C)(=O)=O. The number of sulfonamides is 1. The van der Waals surface area contributed by atoms with Crippen LogP contribution in [0.3, 0.4) is 0 Å². The Bertz CT molecular complexity index is 421. The molecule has 1 heterocycles. The van der Waals surface area contributed by atoms with Crippen molar-refractivity contribution in [2.75, 3.05) is 26.4 Å². The van der Waals surface area contributed by atoms with Crippen molar-refractivity contribution in [3.05, 3.63) is 0 Å². The van der Waals surface area contributed by atoms with Gasteiger partial charge in [0.15, 0.2) is 0 Å². The quantitative estimate of drug-likeness (QED) is 0.665. The molecule has 8 heteroatoms. The number of carbonyl (C=O) groups excluding carboxylic acids is 2. The first-order chi connectivity index (χ1) is 8.30. The van der Waals surface area contributed by atoms with E-state index in [4.69, 9.17) is 0 Å². The van der Waals surface area contributed by atoms with Crippen molar-refractivity contribution in [1.82, 2.24) is 14.9 Å². The lowest BCUT2D eigenvalue weighted by Crippen LogP contribution is -2.48. The molecule has 2 amide bonds. The third-order valence-corrected chi connectivity index (χ3v) is 4.06. The maximum atomic E-state index is 11.6. The van der Waals surface area contributed by atoms with Crippen LogP contribution in [0.2, 0.25) is 0 Å². The maximum Gasteiger partial charge on any atom is 0.242 e. The second-order valence-electron chi connectivity index (χ2n) is 4.43. The molecule has 0 saturated carbocycles. The molecule has 0 bridgehead atoms. The summed E-state index contributed by atoms with van der Waals surface area (Å²) in [7, 11) is -2.07. The van der Waals surface area contributed by atoms with Gasteiger partial charge >= 0.3 is 0 Å². The van der Waals surface area contributed by atoms with Crippen molar-refractivity contribution in [2.24, 2.45) is 0 Å². The molecular formula is C10H19N3O4S. The molecule has 1 unspecified atom stereocenters. The summed E-state index contributed by atoms with van der Waals surface area (Å²) in [4.78, 5) is 23.2. The van der Waals surface area contributed by atoms with E-state index in [-0.39, 0.29) is 12.5 Å². The van der Waals surface area contributed by atoms with E-state index in [9.17, 15) is 18.0 Å². The van der Waals surface area contributed by atoms with Crippen molar-refractivity contribution in [2.45, 2.75) is 25.3 Å². The van der Waals surface area contributed by atoms with Gasteiger partial charge in [-0.2, -0.15) is 4.31 Å². The highest BCUT2D eigenvalue weighted by Gasteiger charge is 2.23. The molecule has 2 N–H and O–H groups in total. The van der Waals surface area contributed by atoms with Crippen molar-refractivity contribution in [1.29, 1.82) is 0 Å². The molecule has 18 heavy (non-hydrogen) atoms. The molecule has 0 aromatic heterocycles. The Kier molecular flexibility index (Phi) is 5.09. The summed E-state index contributed by atoms with van der Waals surface area (Å²) in [6.07, 6.45) is 3.35. The van der Waals surface area contributed by atoms with Crippen LogP contribution in [0, 0.1) is 0 Å². The molecule has 1 atom stereocenters. The topological polar surface area (TPSA) is 95.6 Å². The molecule has 1 aliphatic rings. The standard InChI is InChI=1S/C10H19N3O4S/c1-13(18(2,16)17)7-9(14)12-8-5-3-4-6-11-10(8)15/h8H,3-7H2,1-2H3,(H,11,15)(H,12,14). The third-order valence-electron chi connectivity index (χ3n) is 2.80.